The lowest BCUT2D eigenvalue weighted by Crippen LogP contribution is -2.42. The van der Waals surface area contributed by atoms with Crippen molar-refractivity contribution >= 4 is 43.2 Å². The highest BCUT2D eigenvalue weighted by molar-refractivity contribution is 7.89. The molecule has 1 saturated heterocycles. The molecule has 0 spiro atoms. The Bertz CT molecular complexity index is 1470. The van der Waals surface area contributed by atoms with Gasteiger partial charge in [-0.1, -0.05) is 25.2 Å². The number of piperidine rings is 1. The second kappa shape index (κ2) is 11.2. The lowest BCUT2D eigenvalue weighted by atomic mass is 9.94. The quantitative estimate of drug-likeness (QED) is 0.238. The van der Waals surface area contributed by atoms with Crippen LogP contribution < -0.4 is 4.80 Å². The number of hydrogen-bond acceptors (Lipinski definition) is 7. The van der Waals surface area contributed by atoms with E-state index in [9.17, 15) is 23.3 Å². The smallest absolute Gasteiger partial charge is 0.279 e. The van der Waals surface area contributed by atoms with Crippen molar-refractivity contribution in [3.8, 4) is 0 Å². The zero-order valence-corrected chi connectivity index (χ0v) is 22.6. The number of fused-ring (bicyclic) bond motifs is 1. The lowest BCUT2D eigenvalue weighted by molar-refractivity contribution is -0.384. The van der Waals surface area contributed by atoms with Gasteiger partial charge in [-0.3, -0.25) is 14.9 Å². The van der Waals surface area contributed by atoms with Crippen molar-refractivity contribution in [3.05, 3.63) is 62.9 Å². The van der Waals surface area contributed by atoms with Gasteiger partial charge in [-0.25, -0.2) is 8.42 Å². The lowest BCUT2D eigenvalue weighted by Gasteiger charge is -2.34. The van der Waals surface area contributed by atoms with Crippen molar-refractivity contribution < 1.29 is 22.9 Å². The number of carbonyl (C=O) groups is 1. The van der Waals surface area contributed by atoms with E-state index in [0.29, 0.717) is 43.2 Å². The van der Waals surface area contributed by atoms with Gasteiger partial charge in [0.2, 0.25) is 10.0 Å². The van der Waals surface area contributed by atoms with Crippen LogP contribution in [0.5, 0.6) is 0 Å². The Morgan fingerprint density at radius 3 is 2.46 bits per heavy atom. The summed E-state index contributed by atoms with van der Waals surface area (Å²) in [4.78, 5) is 28.6. The monoisotopic (exact) mass is 546 g/mol. The highest BCUT2D eigenvalue weighted by atomic mass is 32.2. The van der Waals surface area contributed by atoms with Crippen molar-refractivity contribution in [3.63, 3.8) is 0 Å². The van der Waals surface area contributed by atoms with Crippen LogP contribution in [0.25, 0.3) is 10.2 Å². The number of amides is 1. The third-order valence-electron chi connectivity index (χ3n) is 6.31. The molecule has 1 fully saturated rings. The topological polar surface area (TPSA) is 124 Å². The molecule has 2 atom stereocenters. The predicted octanol–water partition coefficient (Wildman–Crippen LogP) is 4.06. The first-order chi connectivity index (χ1) is 17.6. The van der Waals surface area contributed by atoms with Gasteiger partial charge in [0.1, 0.15) is 0 Å². The second-order valence-electron chi connectivity index (χ2n) is 9.35. The van der Waals surface area contributed by atoms with Crippen LogP contribution in [-0.4, -0.2) is 54.4 Å². The van der Waals surface area contributed by atoms with Gasteiger partial charge < -0.3 is 9.30 Å². The zero-order valence-electron chi connectivity index (χ0n) is 21.0. The molecule has 2 heterocycles. The van der Waals surface area contributed by atoms with Gasteiger partial charge in [0.05, 0.1) is 26.6 Å². The number of hydrogen-bond donors (Lipinski definition) is 0. The first-order valence-electron chi connectivity index (χ1n) is 12.1. The minimum absolute atomic E-state index is 0.0531. The van der Waals surface area contributed by atoms with E-state index in [4.69, 9.17) is 4.74 Å². The summed E-state index contributed by atoms with van der Waals surface area (Å²) in [6.45, 7) is 8.16. The Kier molecular flexibility index (Phi) is 8.22. The van der Waals surface area contributed by atoms with E-state index in [2.05, 4.69) is 4.99 Å². The summed E-state index contributed by atoms with van der Waals surface area (Å²) < 4.78 is 35.8. The predicted molar refractivity (Wildman–Crippen MR) is 141 cm³/mol. The van der Waals surface area contributed by atoms with E-state index in [-0.39, 0.29) is 28.0 Å². The number of nitro groups is 1. The average molecular weight is 547 g/mol. The number of rotatable bonds is 8. The second-order valence-corrected chi connectivity index (χ2v) is 12.3. The minimum atomic E-state index is -3.66. The summed E-state index contributed by atoms with van der Waals surface area (Å²) in [6, 6.07) is 10.3. The van der Waals surface area contributed by atoms with Crippen LogP contribution >= 0.6 is 11.3 Å². The van der Waals surface area contributed by atoms with Crippen LogP contribution in [-0.2, 0) is 21.3 Å². The molecule has 198 valence electrons. The summed E-state index contributed by atoms with van der Waals surface area (Å²) in [5.74, 6) is 0.0427. The molecule has 3 aromatic rings. The van der Waals surface area contributed by atoms with Crippen LogP contribution in [0.4, 0.5) is 5.69 Å². The number of nitrogens with zero attached hydrogens (tertiary/aromatic N) is 4. The number of nitro benzene ring substituents is 1. The molecular formula is C25H30N4O6S2. The molecule has 0 radical (unpaired) electrons. The molecule has 0 bridgehead atoms. The van der Waals surface area contributed by atoms with Gasteiger partial charge in [-0.2, -0.15) is 9.30 Å². The zero-order chi connectivity index (χ0) is 26.7. The normalized spacial score (nSPS) is 19.4. The summed E-state index contributed by atoms with van der Waals surface area (Å²) in [5, 5.41) is 11.3. The number of sulfonamides is 1. The highest BCUT2D eigenvalue weighted by Gasteiger charge is 2.31. The van der Waals surface area contributed by atoms with Gasteiger partial charge in [-0.05, 0) is 55.5 Å². The number of aromatic nitrogens is 1. The molecule has 10 nitrogen and oxygen atoms in total. The van der Waals surface area contributed by atoms with Crippen LogP contribution in [0.1, 0.15) is 37.6 Å². The van der Waals surface area contributed by atoms with Gasteiger partial charge in [0, 0.05) is 43.9 Å². The molecule has 2 aromatic carbocycles. The van der Waals surface area contributed by atoms with Gasteiger partial charge in [-0.15, -0.1) is 0 Å². The molecular weight excluding hydrogens is 516 g/mol. The van der Waals surface area contributed by atoms with Crippen LogP contribution in [0, 0.1) is 22.0 Å². The number of thiazole rings is 1. The van der Waals surface area contributed by atoms with E-state index in [1.165, 1.54) is 52.0 Å². The number of non-ortho nitro benzene ring substituents is 1. The van der Waals surface area contributed by atoms with Crippen molar-refractivity contribution in [2.24, 2.45) is 16.8 Å². The Balaban J connectivity index is 1.64. The minimum Gasteiger partial charge on any atom is -0.380 e. The fourth-order valence-electron chi connectivity index (χ4n) is 4.64. The summed E-state index contributed by atoms with van der Waals surface area (Å²) >= 11 is 1.25. The molecule has 0 N–H and O–H groups in total. The Labute approximate surface area is 219 Å². The van der Waals surface area contributed by atoms with Gasteiger partial charge >= 0.3 is 0 Å². The molecule has 37 heavy (non-hydrogen) atoms. The molecule has 0 saturated carbocycles. The molecule has 0 aliphatic carbocycles. The standard InChI is InChI=1S/C25H30N4O6S2/c1-4-35-12-11-28-22-14-20(29(31)32)7-10-23(22)36-25(28)26-24(30)19-5-8-21(9-6-19)37(33,34)27-15-17(2)13-18(3)16-27/h5-10,14,17-18H,4,11-13,15-16H2,1-3H3. The van der Waals surface area contributed by atoms with Crippen LogP contribution in [0.2, 0.25) is 0 Å². The maximum absolute atomic E-state index is 13.2. The highest BCUT2D eigenvalue weighted by Crippen LogP contribution is 2.27. The third-order valence-corrected chi connectivity index (χ3v) is 9.22. The van der Waals surface area contributed by atoms with E-state index >= 15 is 0 Å². The van der Waals surface area contributed by atoms with Crippen molar-refractivity contribution in [2.45, 2.75) is 38.6 Å². The first-order valence-corrected chi connectivity index (χ1v) is 14.4. The molecule has 4 rings (SSSR count). The molecule has 1 aliphatic heterocycles. The van der Waals surface area contributed by atoms with E-state index in [0.717, 1.165) is 11.1 Å². The average Bonchev–Trinajstić information content (AvgIpc) is 3.19. The number of carbonyl (C=O) groups excluding carboxylic acids is 1. The largest absolute Gasteiger partial charge is 0.380 e. The number of ether oxygens (including phenoxy) is 1. The summed E-state index contributed by atoms with van der Waals surface area (Å²) in [5.41, 5.74) is 0.790. The van der Waals surface area contributed by atoms with Crippen molar-refractivity contribution in [2.75, 3.05) is 26.3 Å². The summed E-state index contributed by atoms with van der Waals surface area (Å²) in [6.07, 6.45) is 0.997. The van der Waals surface area contributed by atoms with Crippen molar-refractivity contribution in [1.82, 2.24) is 8.87 Å². The van der Waals surface area contributed by atoms with E-state index < -0.39 is 20.9 Å². The molecule has 2 unspecified atom stereocenters. The van der Waals surface area contributed by atoms with Crippen LogP contribution in [0.15, 0.2) is 52.4 Å². The number of benzene rings is 2. The van der Waals surface area contributed by atoms with Gasteiger partial charge in [0.15, 0.2) is 4.80 Å². The molecule has 1 aromatic heterocycles. The first kappa shape index (κ1) is 27.1. The molecule has 1 amide bonds. The SMILES string of the molecule is CCOCCn1c(=NC(=O)c2ccc(S(=O)(=O)N3CC(C)CC(C)C3)cc2)sc2ccc([N+](=O)[O-])cc21. The molecule has 1 aliphatic rings. The summed E-state index contributed by atoms with van der Waals surface area (Å²) in [7, 11) is -3.66. The fraction of sp³-hybridized carbons (Fsp3) is 0.440. The Morgan fingerprint density at radius 1 is 1.16 bits per heavy atom. The van der Waals surface area contributed by atoms with Crippen LogP contribution in [0.3, 0.4) is 0 Å². The van der Waals surface area contributed by atoms with Gasteiger partial charge in [0.25, 0.3) is 11.6 Å². The molecule has 12 heteroatoms. The van der Waals surface area contributed by atoms with E-state index in [1.807, 2.05) is 20.8 Å². The Morgan fingerprint density at radius 2 is 1.84 bits per heavy atom. The maximum Gasteiger partial charge on any atom is 0.279 e. The maximum atomic E-state index is 13.2. The van der Waals surface area contributed by atoms with E-state index in [1.54, 1.807) is 10.6 Å². The van der Waals surface area contributed by atoms with Crippen molar-refractivity contribution in [1.29, 1.82) is 0 Å². The fourth-order valence-corrected chi connectivity index (χ4v) is 7.36. The third kappa shape index (κ3) is 5.98. The Hall–Kier alpha value is -2.93.